The van der Waals surface area contributed by atoms with Gasteiger partial charge in [0.25, 0.3) is 0 Å². The maximum atomic E-state index is 11.8. The van der Waals surface area contributed by atoms with Gasteiger partial charge < -0.3 is 15.2 Å². The van der Waals surface area contributed by atoms with Gasteiger partial charge in [-0.25, -0.2) is 0 Å². The number of ether oxygens (including phenoxy) is 1. The van der Waals surface area contributed by atoms with Crippen molar-refractivity contribution in [2.75, 3.05) is 13.2 Å². The van der Waals surface area contributed by atoms with Crippen molar-refractivity contribution in [3.8, 4) is 0 Å². The second-order valence-corrected chi connectivity index (χ2v) is 6.58. The molecule has 0 spiro atoms. The van der Waals surface area contributed by atoms with E-state index < -0.39 is 11.9 Å². The Bertz CT molecular complexity index is 343. The van der Waals surface area contributed by atoms with Crippen LogP contribution in [0.25, 0.3) is 0 Å². The summed E-state index contributed by atoms with van der Waals surface area (Å²) in [5, 5.41) is 11.8. The Morgan fingerprint density at radius 3 is 2.52 bits per heavy atom. The van der Waals surface area contributed by atoms with Gasteiger partial charge in [0.05, 0.1) is 12.0 Å². The van der Waals surface area contributed by atoms with Crippen LogP contribution in [0, 0.1) is 17.8 Å². The molecule has 0 saturated heterocycles. The summed E-state index contributed by atoms with van der Waals surface area (Å²) in [6, 6.07) is 0. The number of carboxylic acid groups (broad SMARTS) is 1. The zero-order valence-corrected chi connectivity index (χ0v) is 13.4. The van der Waals surface area contributed by atoms with E-state index in [0.29, 0.717) is 18.3 Å². The Morgan fingerprint density at radius 2 is 1.95 bits per heavy atom. The van der Waals surface area contributed by atoms with Crippen molar-refractivity contribution in [3.05, 3.63) is 0 Å². The van der Waals surface area contributed by atoms with Crippen molar-refractivity contribution in [1.29, 1.82) is 0 Å². The lowest BCUT2D eigenvalue weighted by Gasteiger charge is -2.28. The van der Waals surface area contributed by atoms with Crippen LogP contribution in [0.1, 0.15) is 52.9 Å². The highest BCUT2D eigenvalue weighted by Crippen LogP contribution is 2.26. The first-order valence-corrected chi connectivity index (χ1v) is 8.01. The Labute approximate surface area is 127 Å². The lowest BCUT2D eigenvalue weighted by molar-refractivity contribution is -0.142. The van der Waals surface area contributed by atoms with Gasteiger partial charge in [-0.15, -0.1) is 0 Å². The summed E-state index contributed by atoms with van der Waals surface area (Å²) in [5.74, 6) is -0.808. The fraction of sp³-hybridized carbons (Fsp3) is 0.875. The van der Waals surface area contributed by atoms with Crippen LogP contribution < -0.4 is 5.32 Å². The van der Waals surface area contributed by atoms with Crippen LogP contribution in [0.2, 0.25) is 0 Å². The minimum atomic E-state index is -0.856. The normalized spacial score (nSPS) is 23.8. The molecular weight excluding hydrogens is 270 g/mol. The number of amides is 1. The average Bonchev–Trinajstić information content (AvgIpc) is 2.41. The van der Waals surface area contributed by atoms with Gasteiger partial charge in [-0.1, -0.05) is 33.6 Å². The van der Waals surface area contributed by atoms with Crippen LogP contribution in [0.5, 0.6) is 0 Å². The molecule has 0 aliphatic heterocycles. The molecule has 1 rings (SSSR count). The standard InChI is InChI=1S/C16H29NO4/c1-11(2)8-13(16(19)20)9-17-15(18)10-21-14-7-5-4-6-12(14)3/h11-14H,4-10H2,1-3H3,(H,17,18)(H,19,20). The molecular formula is C16H29NO4. The Balaban J connectivity index is 2.27. The topological polar surface area (TPSA) is 75.6 Å². The number of hydrogen-bond acceptors (Lipinski definition) is 3. The van der Waals surface area contributed by atoms with E-state index in [0.717, 1.165) is 19.3 Å². The minimum absolute atomic E-state index is 0.0308. The van der Waals surface area contributed by atoms with Gasteiger partial charge in [0.2, 0.25) is 5.91 Å². The second kappa shape index (κ2) is 9.03. The van der Waals surface area contributed by atoms with E-state index in [1.807, 2.05) is 13.8 Å². The fourth-order valence-corrected chi connectivity index (χ4v) is 2.84. The second-order valence-electron chi connectivity index (χ2n) is 6.58. The SMILES string of the molecule is CC(C)CC(CNC(=O)COC1CCCCC1C)C(=O)O. The summed E-state index contributed by atoms with van der Waals surface area (Å²) in [4.78, 5) is 22.9. The fourth-order valence-electron chi connectivity index (χ4n) is 2.84. The Morgan fingerprint density at radius 1 is 1.29 bits per heavy atom. The maximum absolute atomic E-state index is 11.8. The van der Waals surface area contributed by atoms with Crippen molar-refractivity contribution >= 4 is 11.9 Å². The molecule has 122 valence electrons. The van der Waals surface area contributed by atoms with Gasteiger partial charge in [0.1, 0.15) is 6.61 Å². The Kier molecular flexibility index (Phi) is 7.72. The molecule has 0 radical (unpaired) electrons. The molecule has 2 N–H and O–H groups in total. The largest absolute Gasteiger partial charge is 0.481 e. The molecule has 1 fully saturated rings. The van der Waals surface area contributed by atoms with Crippen molar-refractivity contribution in [3.63, 3.8) is 0 Å². The first kappa shape index (κ1) is 18.0. The highest BCUT2D eigenvalue weighted by molar-refractivity contribution is 5.78. The van der Waals surface area contributed by atoms with E-state index in [1.165, 1.54) is 6.42 Å². The maximum Gasteiger partial charge on any atom is 0.308 e. The van der Waals surface area contributed by atoms with E-state index >= 15 is 0 Å². The van der Waals surface area contributed by atoms with E-state index in [2.05, 4.69) is 12.2 Å². The third-order valence-electron chi connectivity index (χ3n) is 4.11. The number of hydrogen-bond donors (Lipinski definition) is 2. The van der Waals surface area contributed by atoms with E-state index in [1.54, 1.807) is 0 Å². The monoisotopic (exact) mass is 299 g/mol. The molecule has 0 bridgehead atoms. The molecule has 0 aromatic carbocycles. The average molecular weight is 299 g/mol. The van der Waals surface area contributed by atoms with Gasteiger partial charge in [-0.3, -0.25) is 9.59 Å². The molecule has 1 amide bonds. The zero-order valence-electron chi connectivity index (χ0n) is 13.4. The van der Waals surface area contributed by atoms with Gasteiger partial charge >= 0.3 is 5.97 Å². The summed E-state index contributed by atoms with van der Waals surface area (Å²) in [7, 11) is 0. The highest BCUT2D eigenvalue weighted by atomic mass is 16.5. The molecule has 3 atom stereocenters. The predicted molar refractivity (Wildman–Crippen MR) is 81.0 cm³/mol. The third-order valence-corrected chi connectivity index (χ3v) is 4.11. The lowest BCUT2D eigenvalue weighted by Crippen LogP contribution is -2.37. The molecule has 0 heterocycles. The first-order valence-electron chi connectivity index (χ1n) is 8.01. The number of carbonyl (C=O) groups is 2. The number of aliphatic carboxylic acids is 1. The molecule has 0 aromatic heterocycles. The number of carboxylic acids is 1. The van der Waals surface area contributed by atoms with E-state index in [9.17, 15) is 9.59 Å². The van der Waals surface area contributed by atoms with Crippen LogP contribution in [0.15, 0.2) is 0 Å². The molecule has 0 aromatic rings. The summed E-state index contributed by atoms with van der Waals surface area (Å²) in [5.41, 5.74) is 0. The van der Waals surface area contributed by atoms with Crippen LogP contribution in [-0.4, -0.2) is 36.2 Å². The van der Waals surface area contributed by atoms with Crippen molar-refractivity contribution in [2.24, 2.45) is 17.8 Å². The number of nitrogens with one attached hydrogen (secondary N) is 1. The molecule has 5 heteroatoms. The molecule has 3 unspecified atom stereocenters. The minimum Gasteiger partial charge on any atom is -0.481 e. The molecule has 21 heavy (non-hydrogen) atoms. The lowest BCUT2D eigenvalue weighted by atomic mass is 9.88. The molecule has 5 nitrogen and oxygen atoms in total. The summed E-state index contributed by atoms with van der Waals surface area (Å²) in [6.07, 6.45) is 5.29. The molecule has 1 saturated carbocycles. The zero-order chi connectivity index (χ0) is 15.8. The van der Waals surface area contributed by atoms with Gasteiger partial charge in [-0.05, 0) is 31.1 Å². The Hall–Kier alpha value is -1.10. The summed E-state index contributed by atoms with van der Waals surface area (Å²) in [6.45, 7) is 6.32. The van der Waals surface area contributed by atoms with Crippen LogP contribution in [0.4, 0.5) is 0 Å². The first-order chi connectivity index (χ1) is 9.90. The smallest absolute Gasteiger partial charge is 0.308 e. The third kappa shape index (κ3) is 6.93. The molecule has 1 aliphatic rings. The van der Waals surface area contributed by atoms with Gasteiger partial charge in [0, 0.05) is 6.54 Å². The summed E-state index contributed by atoms with van der Waals surface area (Å²) >= 11 is 0. The predicted octanol–water partition coefficient (Wildman–Crippen LogP) is 2.44. The number of carbonyl (C=O) groups excluding carboxylic acids is 1. The van der Waals surface area contributed by atoms with Crippen LogP contribution >= 0.6 is 0 Å². The number of rotatable bonds is 8. The van der Waals surface area contributed by atoms with Crippen molar-refractivity contribution in [1.82, 2.24) is 5.32 Å². The summed E-state index contributed by atoms with van der Waals surface area (Å²) < 4.78 is 5.67. The van der Waals surface area contributed by atoms with Gasteiger partial charge in [0.15, 0.2) is 0 Å². The quantitative estimate of drug-likeness (QED) is 0.722. The van der Waals surface area contributed by atoms with E-state index in [4.69, 9.17) is 9.84 Å². The van der Waals surface area contributed by atoms with Crippen LogP contribution in [0.3, 0.4) is 0 Å². The van der Waals surface area contributed by atoms with E-state index in [-0.39, 0.29) is 25.2 Å². The highest BCUT2D eigenvalue weighted by Gasteiger charge is 2.23. The molecule has 1 aliphatic carbocycles. The van der Waals surface area contributed by atoms with Gasteiger partial charge in [-0.2, -0.15) is 0 Å². The van der Waals surface area contributed by atoms with Crippen molar-refractivity contribution in [2.45, 2.75) is 59.0 Å². The van der Waals surface area contributed by atoms with Crippen LogP contribution in [-0.2, 0) is 14.3 Å². The van der Waals surface area contributed by atoms with Crippen molar-refractivity contribution < 1.29 is 19.4 Å².